The zero-order valence-corrected chi connectivity index (χ0v) is 17.7. The summed E-state index contributed by atoms with van der Waals surface area (Å²) in [6.45, 7) is 0.939. The lowest BCUT2D eigenvalue weighted by atomic mass is 10.1. The highest BCUT2D eigenvalue weighted by molar-refractivity contribution is 7.99. The second-order valence-corrected chi connectivity index (χ2v) is 7.98. The van der Waals surface area contributed by atoms with Crippen molar-refractivity contribution in [1.29, 1.82) is 0 Å². The summed E-state index contributed by atoms with van der Waals surface area (Å²) in [6.07, 6.45) is 2.43. The number of likely N-dealkylation sites (N-methyl/N-ethyl adjacent to an activating group) is 1. The Morgan fingerprint density at radius 1 is 1.23 bits per heavy atom. The van der Waals surface area contributed by atoms with Crippen molar-refractivity contribution in [1.82, 2.24) is 19.7 Å². The Balaban J connectivity index is 1.73. The van der Waals surface area contributed by atoms with Crippen molar-refractivity contribution in [3.63, 3.8) is 0 Å². The van der Waals surface area contributed by atoms with Crippen molar-refractivity contribution in [2.24, 2.45) is 7.05 Å². The lowest BCUT2D eigenvalue weighted by Gasteiger charge is -2.10. The number of nitro groups is 1. The standard InChI is InChI=1S/C20H22N6O3S/c1-24(2)11-10-14-4-7-16(8-5-14)22-19(27)15-6-9-18(17(12-15)26(28)29)30-20-23-21-13-25(20)3/h4-9,12-13H,10-11H2,1-3H3,(H,22,27). The van der Waals surface area contributed by atoms with Gasteiger partial charge in [0, 0.05) is 30.9 Å². The second-order valence-electron chi connectivity index (χ2n) is 6.97. The van der Waals surface area contributed by atoms with E-state index in [9.17, 15) is 14.9 Å². The minimum Gasteiger partial charge on any atom is -0.322 e. The van der Waals surface area contributed by atoms with Crippen LogP contribution < -0.4 is 5.32 Å². The van der Waals surface area contributed by atoms with Gasteiger partial charge < -0.3 is 14.8 Å². The molecular weight excluding hydrogens is 404 g/mol. The largest absolute Gasteiger partial charge is 0.322 e. The molecule has 156 valence electrons. The first-order valence-electron chi connectivity index (χ1n) is 9.19. The topological polar surface area (TPSA) is 106 Å². The Bertz CT molecular complexity index is 1050. The quantitative estimate of drug-likeness (QED) is 0.435. The fourth-order valence-electron chi connectivity index (χ4n) is 2.66. The second kappa shape index (κ2) is 9.51. The van der Waals surface area contributed by atoms with Crippen molar-refractivity contribution >= 4 is 29.0 Å². The number of amides is 1. The van der Waals surface area contributed by atoms with Crippen molar-refractivity contribution in [3.05, 3.63) is 70.0 Å². The fraction of sp³-hybridized carbons (Fsp3) is 0.250. The lowest BCUT2D eigenvalue weighted by Crippen LogP contribution is -2.15. The number of nitrogens with zero attached hydrogens (tertiary/aromatic N) is 5. The van der Waals surface area contributed by atoms with Crippen LogP contribution in [-0.4, -0.2) is 51.1 Å². The molecule has 1 N–H and O–H groups in total. The lowest BCUT2D eigenvalue weighted by molar-refractivity contribution is -0.387. The molecular formula is C20H22N6O3S. The van der Waals surface area contributed by atoms with Crippen LogP contribution in [0.5, 0.6) is 0 Å². The first-order valence-corrected chi connectivity index (χ1v) is 10.0. The van der Waals surface area contributed by atoms with E-state index in [1.54, 1.807) is 23.7 Å². The van der Waals surface area contributed by atoms with Crippen LogP contribution in [0.25, 0.3) is 0 Å². The number of carbonyl (C=O) groups is 1. The maximum atomic E-state index is 12.6. The molecule has 1 heterocycles. The predicted molar refractivity (Wildman–Crippen MR) is 115 cm³/mol. The van der Waals surface area contributed by atoms with E-state index in [0.717, 1.165) is 24.7 Å². The molecule has 10 heteroatoms. The van der Waals surface area contributed by atoms with Gasteiger partial charge in [0.25, 0.3) is 11.6 Å². The highest BCUT2D eigenvalue weighted by Gasteiger charge is 2.20. The SMILES string of the molecule is CN(C)CCc1ccc(NC(=O)c2ccc(Sc3nncn3C)c([N+](=O)[O-])c2)cc1. The summed E-state index contributed by atoms with van der Waals surface area (Å²) >= 11 is 1.12. The molecule has 0 unspecified atom stereocenters. The number of rotatable bonds is 8. The first kappa shape index (κ1) is 21.5. The average molecular weight is 427 g/mol. The molecule has 1 amide bonds. The van der Waals surface area contributed by atoms with E-state index in [0.29, 0.717) is 15.7 Å². The van der Waals surface area contributed by atoms with E-state index in [1.807, 2.05) is 38.4 Å². The number of anilines is 1. The minimum absolute atomic E-state index is 0.158. The van der Waals surface area contributed by atoms with Crippen LogP contribution in [0.1, 0.15) is 15.9 Å². The Kier molecular flexibility index (Phi) is 6.80. The van der Waals surface area contributed by atoms with Gasteiger partial charge in [0.05, 0.1) is 9.82 Å². The number of hydrogen-bond acceptors (Lipinski definition) is 7. The van der Waals surface area contributed by atoms with Gasteiger partial charge in [-0.05, 0) is 62.1 Å². The maximum Gasteiger partial charge on any atom is 0.284 e. The van der Waals surface area contributed by atoms with E-state index < -0.39 is 10.8 Å². The number of nitro benzene ring substituents is 1. The molecule has 30 heavy (non-hydrogen) atoms. The monoisotopic (exact) mass is 426 g/mol. The molecule has 0 spiro atoms. The zero-order valence-electron chi connectivity index (χ0n) is 16.9. The summed E-state index contributed by atoms with van der Waals surface area (Å²) in [5.74, 6) is -0.408. The Morgan fingerprint density at radius 2 is 1.97 bits per heavy atom. The Morgan fingerprint density at radius 3 is 2.57 bits per heavy atom. The third kappa shape index (κ3) is 5.43. The molecule has 2 aromatic carbocycles. The maximum absolute atomic E-state index is 12.6. The number of aromatic nitrogens is 3. The molecule has 0 fully saturated rings. The summed E-state index contributed by atoms with van der Waals surface area (Å²) < 4.78 is 1.66. The molecule has 1 aromatic heterocycles. The van der Waals surface area contributed by atoms with E-state index >= 15 is 0 Å². The summed E-state index contributed by atoms with van der Waals surface area (Å²) in [5.41, 5.74) is 1.85. The van der Waals surface area contributed by atoms with E-state index in [1.165, 1.54) is 18.0 Å². The van der Waals surface area contributed by atoms with Gasteiger partial charge >= 0.3 is 0 Å². The van der Waals surface area contributed by atoms with E-state index in [4.69, 9.17) is 0 Å². The molecule has 0 aliphatic heterocycles. The minimum atomic E-state index is -0.505. The molecule has 0 radical (unpaired) electrons. The third-order valence-electron chi connectivity index (χ3n) is 4.35. The van der Waals surface area contributed by atoms with Gasteiger partial charge in [-0.2, -0.15) is 0 Å². The van der Waals surface area contributed by atoms with Crippen molar-refractivity contribution in [2.45, 2.75) is 16.5 Å². The molecule has 0 bridgehead atoms. The molecule has 0 atom stereocenters. The first-order chi connectivity index (χ1) is 14.3. The van der Waals surface area contributed by atoms with Gasteiger partial charge in [-0.3, -0.25) is 14.9 Å². The van der Waals surface area contributed by atoms with Crippen molar-refractivity contribution in [2.75, 3.05) is 26.0 Å². The van der Waals surface area contributed by atoms with Gasteiger partial charge in [0.2, 0.25) is 0 Å². The normalized spacial score (nSPS) is 10.9. The number of aryl methyl sites for hydroxylation is 1. The summed E-state index contributed by atoms with van der Waals surface area (Å²) in [7, 11) is 5.79. The molecule has 0 saturated carbocycles. The molecule has 9 nitrogen and oxygen atoms in total. The van der Waals surface area contributed by atoms with Crippen LogP contribution in [-0.2, 0) is 13.5 Å². The fourth-order valence-corrected chi connectivity index (χ4v) is 3.51. The van der Waals surface area contributed by atoms with Crippen molar-refractivity contribution < 1.29 is 9.72 Å². The van der Waals surface area contributed by atoms with Gasteiger partial charge in [-0.15, -0.1) is 10.2 Å². The van der Waals surface area contributed by atoms with Crippen LogP contribution in [0.2, 0.25) is 0 Å². The Hall–Kier alpha value is -3.24. The number of hydrogen-bond donors (Lipinski definition) is 1. The van der Waals surface area contributed by atoms with Crippen LogP contribution in [0.15, 0.2) is 58.8 Å². The summed E-state index contributed by atoms with van der Waals surface area (Å²) in [5, 5.41) is 22.5. The van der Waals surface area contributed by atoms with Gasteiger partial charge in [-0.1, -0.05) is 12.1 Å². The number of nitrogens with one attached hydrogen (secondary N) is 1. The predicted octanol–water partition coefficient (Wildman–Crippen LogP) is 3.23. The highest BCUT2D eigenvalue weighted by Crippen LogP contribution is 2.34. The highest BCUT2D eigenvalue weighted by atomic mass is 32.2. The average Bonchev–Trinajstić information content (AvgIpc) is 3.12. The molecule has 3 aromatic rings. The summed E-state index contributed by atoms with van der Waals surface area (Å²) in [4.78, 5) is 26.1. The molecule has 3 rings (SSSR count). The number of carbonyl (C=O) groups excluding carboxylic acids is 1. The molecule has 0 aliphatic carbocycles. The van der Waals surface area contributed by atoms with Crippen LogP contribution >= 0.6 is 11.8 Å². The smallest absolute Gasteiger partial charge is 0.284 e. The van der Waals surface area contributed by atoms with E-state index in [-0.39, 0.29) is 11.3 Å². The van der Waals surface area contributed by atoms with Gasteiger partial charge in [-0.25, -0.2) is 0 Å². The van der Waals surface area contributed by atoms with Gasteiger partial charge in [0.1, 0.15) is 6.33 Å². The third-order valence-corrected chi connectivity index (χ3v) is 5.47. The van der Waals surface area contributed by atoms with Crippen LogP contribution in [0.3, 0.4) is 0 Å². The van der Waals surface area contributed by atoms with E-state index in [2.05, 4.69) is 20.4 Å². The molecule has 0 saturated heterocycles. The van der Waals surface area contributed by atoms with Crippen LogP contribution in [0, 0.1) is 10.1 Å². The molecule has 0 aliphatic rings. The van der Waals surface area contributed by atoms with Crippen LogP contribution in [0.4, 0.5) is 11.4 Å². The zero-order chi connectivity index (χ0) is 21.7. The Labute approximate surface area is 178 Å². The van der Waals surface area contributed by atoms with Gasteiger partial charge in [0.15, 0.2) is 5.16 Å². The number of benzene rings is 2. The summed E-state index contributed by atoms with van der Waals surface area (Å²) in [6, 6.07) is 12.0. The van der Waals surface area contributed by atoms with Crippen molar-refractivity contribution in [3.8, 4) is 0 Å².